The first-order chi connectivity index (χ1) is 10.1. The molecule has 7 heteroatoms. The lowest BCUT2D eigenvalue weighted by Crippen LogP contribution is -2.19. The van der Waals surface area contributed by atoms with Crippen molar-refractivity contribution in [3.63, 3.8) is 0 Å². The smallest absolute Gasteiger partial charge is 0.410 e. The van der Waals surface area contributed by atoms with Crippen molar-refractivity contribution in [2.75, 3.05) is 5.32 Å². The Hall–Kier alpha value is -3.09. The van der Waals surface area contributed by atoms with Crippen LogP contribution in [0.3, 0.4) is 0 Å². The van der Waals surface area contributed by atoms with E-state index < -0.39 is 17.7 Å². The minimum atomic E-state index is -0.738. The molecular weight excluding hydrogens is 277 g/mol. The summed E-state index contributed by atoms with van der Waals surface area (Å²) in [6.45, 7) is 0. The second-order valence-electron chi connectivity index (χ2n) is 4.01. The van der Waals surface area contributed by atoms with E-state index in [4.69, 9.17) is 15.7 Å². The van der Waals surface area contributed by atoms with Crippen molar-refractivity contribution in [3.8, 4) is 5.75 Å². The molecule has 21 heavy (non-hydrogen) atoms. The quantitative estimate of drug-likeness (QED) is 0.350. The van der Waals surface area contributed by atoms with Crippen molar-refractivity contribution in [1.29, 1.82) is 0 Å². The SMILES string of the molecule is NC(=NO)c1cc(NC(=O)Oc2ccccc2)ccc1F. The lowest BCUT2D eigenvalue weighted by molar-refractivity contribution is 0.215. The standard InChI is InChI=1S/C14H12FN3O3/c15-12-7-6-9(8-11(12)13(16)18-20)17-14(19)21-10-4-2-1-3-5-10/h1-8,20H,(H2,16,18)(H,17,19). The average Bonchev–Trinajstić information content (AvgIpc) is 2.49. The van der Waals surface area contributed by atoms with Crippen LogP contribution in [0, 0.1) is 5.82 Å². The summed E-state index contributed by atoms with van der Waals surface area (Å²) in [6.07, 6.45) is -0.738. The molecule has 2 aromatic rings. The number of oxime groups is 1. The fraction of sp³-hybridized carbons (Fsp3) is 0. The molecule has 0 aliphatic carbocycles. The predicted octanol–water partition coefficient (Wildman–Crippen LogP) is 2.53. The molecule has 0 spiro atoms. The van der Waals surface area contributed by atoms with Gasteiger partial charge in [0.15, 0.2) is 5.84 Å². The monoisotopic (exact) mass is 289 g/mol. The Balaban J connectivity index is 2.11. The number of ether oxygens (including phenoxy) is 1. The zero-order chi connectivity index (χ0) is 15.2. The first kappa shape index (κ1) is 14.3. The van der Waals surface area contributed by atoms with E-state index in [2.05, 4.69) is 10.5 Å². The number of nitrogens with two attached hydrogens (primary N) is 1. The number of benzene rings is 2. The minimum Gasteiger partial charge on any atom is -0.410 e. The van der Waals surface area contributed by atoms with Crippen molar-refractivity contribution >= 4 is 17.6 Å². The van der Waals surface area contributed by atoms with E-state index in [9.17, 15) is 9.18 Å². The van der Waals surface area contributed by atoms with Crippen LogP contribution in [-0.4, -0.2) is 17.1 Å². The Kier molecular flexibility index (Phi) is 4.35. The van der Waals surface area contributed by atoms with Crippen molar-refractivity contribution in [2.24, 2.45) is 10.9 Å². The molecular formula is C14H12FN3O3. The summed E-state index contributed by atoms with van der Waals surface area (Å²) in [7, 11) is 0. The molecule has 0 atom stereocenters. The highest BCUT2D eigenvalue weighted by Gasteiger charge is 2.10. The highest BCUT2D eigenvalue weighted by atomic mass is 19.1. The molecule has 0 radical (unpaired) electrons. The van der Waals surface area contributed by atoms with Crippen molar-refractivity contribution in [2.45, 2.75) is 0 Å². The van der Waals surface area contributed by atoms with Gasteiger partial charge in [-0.15, -0.1) is 0 Å². The van der Waals surface area contributed by atoms with Gasteiger partial charge in [-0.25, -0.2) is 9.18 Å². The fourth-order valence-electron chi connectivity index (χ4n) is 1.59. The van der Waals surface area contributed by atoms with Crippen LogP contribution in [0.1, 0.15) is 5.56 Å². The number of anilines is 1. The summed E-state index contributed by atoms with van der Waals surface area (Å²) in [4.78, 5) is 11.7. The van der Waals surface area contributed by atoms with Crippen LogP contribution < -0.4 is 15.8 Å². The highest BCUT2D eigenvalue weighted by Crippen LogP contribution is 2.16. The van der Waals surface area contributed by atoms with E-state index in [1.807, 2.05) is 0 Å². The molecule has 0 heterocycles. The second-order valence-corrected chi connectivity index (χ2v) is 4.01. The molecule has 4 N–H and O–H groups in total. The van der Waals surface area contributed by atoms with E-state index in [-0.39, 0.29) is 11.3 Å². The van der Waals surface area contributed by atoms with E-state index in [1.54, 1.807) is 30.3 Å². The number of amides is 1. The summed E-state index contributed by atoms with van der Waals surface area (Å²) in [5.41, 5.74) is 5.45. The van der Waals surface area contributed by atoms with Gasteiger partial charge in [0.05, 0.1) is 5.56 Å². The largest absolute Gasteiger partial charge is 0.417 e. The van der Waals surface area contributed by atoms with Gasteiger partial charge in [0.1, 0.15) is 11.6 Å². The summed E-state index contributed by atoms with van der Waals surface area (Å²) in [6, 6.07) is 12.1. The van der Waals surface area contributed by atoms with Crippen molar-refractivity contribution in [1.82, 2.24) is 0 Å². The van der Waals surface area contributed by atoms with Crippen molar-refractivity contribution in [3.05, 3.63) is 59.9 Å². The number of hydrogen-bond donors (Lipinski definition) is 3. The molecule has 108 valence electrons. The topological polar surface area (TPSA) is 96.9 Å². The van der Waals surface area contributed by atoms with Crippen LogP contribution in [0.15, 0.2) is 53.7 Å². The van der Waals surface area contributed by atoms with Gasteiger partial charge in [0, 0.05) is 5.69 Å². The number of carbonyl (C=O) groups is 1. The molecule has 0 aliphatic heterocycles. The first-order valence-electron chi connectivity index (χ1n) is 5.91. The molecule has 0 saturated carbocycles. The van der Waals surface area contributed by atoms with E-state index in [1.165, 1.54) is 12.1 Å². The Morgan fingerprint density at radius 2 is 1.95 bits per heavy atom. The Morgan fingerprint density at radius 3 is 2.62 bits per heavy atom. The molecule has 0 aliphatic rings. The zero-order valence-electron chi connectivity index (χ0n) is 10.8. The van der Waals surface area contributed by atoms with E-state index >= 15 is 0 Å². The summed E-state index contributed by atoms with van der Waals surface area (Å²) >= 11 is 0. The Labute approximate surface area is 119 Å². The van der Waals surface area contributed by atoms with Crippen LogP contribution in [0.5, 0.6) is 5.75 Å². The molecule has 0 bridgehead atoms. The lowest BCUT2D eigenvalue weighted by atomic mass is 10.1. The van der Waals surface area contributed by atoms with Gasteiger partial charge < -0.3 is 15.7 Å². The number of para-hydroxylation sites is 1. The summed E-state index contributed by atoms with van der Waals surface area (Å²) < 4.78 is 18.5. The van der Waals surface area contributed by atoms with Gasteiger partial charge in [-0.3, -0.25) is 5.32 Å². The molecule has 0 unspecified atom stereocenters. The fourth-order valence-corrected chi connectivity index (χ4v) is 1.59. The maximum atomic E-state index is 13.5. The summed E-state index contributed by atoms with van der Waals surface area (Å²) in [5, 5.41) is 13.7. The zero-order valence-corrected chi connectivity index (χ0v) is 10.8. The van der Waals surface area contributed by atoms with Gasteiger partial charge in [0.2, 0.25) is 0 Å². The van der Waals surface area contributed by atoms with Crippen LogP contribution in [-0.2, 0) is 0 Å². The number of halogens is 1. The number of nitrogens with one attached hydrogen (secondary N) is 1. The van der Waals surface area contributed by atoms with Gasteiger partial charge in [0.25, 0.3) is 0 Å². The maximum absolute atomic E-state index is 13.5. The van der Waals surface area contributed by atoms with E-state index in [0.717, 1.165) is 6.07 Å². The Bertz CT molecular complexity index is 674. The van der Waals surface area contributed by atoms with Crippen LogP contribution >= 0.6 is 0 Å². The number of nitrogens with zero attached hydrogens (tertiary/aromatic N) is 1. The minimum absolute atomic E-state index is 0.130. The molecule has 2 aromatic carbocycles. The third kappa shape index (κ3) is 3.69. The molecule has 1 amide bonds. The number of amidine groups is 1. The third-order valence-electron chi connectivity index (χ3n) is 2.55. The average molecular weight is 289 g/mol. The normalized spacial score (nSPS) is 11.0. The number of hydrogen-bond acceptors (Lipinski definition) is 4. The predicted molar refractivity (Wildman–Crippen MR) is 75.0 cm³/mol. The maximum Gasteiger partial charge on any atom is 0.417 e. The lowest BCUT2D eigenvalue weighted by Gasteiger charge is -2.08. The molecule has 0 aromatic heterocycles. The highest BCUT2D eigenvalue weighted by molar-refractivity contribution is 5.99. The number of rotatable bonds is 3. The third-order valence-corrected chi connectivity index (χ3v) is 2.55. The van der Waals surface area contributed by atoms with Crippen LogP contribution in [0.2, 0.25) is 0 Å². The molecule has 0 fully saturated rings. The van der Waals surface area contributed by atoms with E-state index in [0.29, 0.717) is 5.75 Å². The van der Waals surface area contributed by atoms with Gasteiger partial charge in [-0.05, 0) is 30.3 Å². The van der Waals surface area contributed by atoms with Gasteiger partial charge >= 0.3 is 6.09 Å². The van der Waals surface area contributed by atoms with Crippen LogP contribution in [0.4, 0.5) is 14.9 Å². The second kappa shape index (κ2) is 6.38. The molecule has 2 rings (SSSR count). The summed E-state index contributed by atoms with van der Waals surface area (Å²) in [5.74, 6) is -0.700. The number of carbonyl (C=O) groups excluding carboxylic acids is 1. The molecule has 6 nitrogen and oxygen atoms in total. The van der Waals surface area contributed by atoms with Crippen LogP contribution in [0.25, 0.3) is 0 Å². The van der Waals surface area contributed by atoms with Gasteiger partial charge in [-0.2, -0.15) is 0 Å². The first-order valence-corrected chi connectivity index (χ1v) is 5.91. The van der Waals surface area contributed by atoms with Gasteiger partial charge in [-0.1, -0.05) is 23.4 Å². The van der Waals surface area contributed by atoms with Crippen molar-refractivity contribution < 1.29 is 19.1 Å². The Morgan fingerprint density at radius 1 is 1.24 bits per heavy atom. The molecule has 0 saturated heterocycles.